The molecule has 0 radical (unpaired) electrons. The molecule has 0 unspecified atom stereocenters. The van der Waals surface area contributed by atoms with Crippen molar-refractivity contribution >= 4 is 51.7 Å². The van der Waals surface area contributed by atoms with Crippen LogP contribution in [0.15, 0.2) is 64.4 Å². The number of hydrogen-bond donors (Lipinski definition) is 2. The van der Waals surface area contributed by atoms with Gasteiger partial charge in [-0.2, -0.15) is 0 Å². The van der Waals surface area contributed by atoms with Crippen LogP contribution in [0.2, 0.25) is 0 Å². The summed E-state index contributed by atoms with van der Waals surface area (Å²) in [7, 11) is 0. The fourth-order valence-corrected chi connectivity index (χ4v) is 4.65. The first-order valence-electron chi connectivity index (χ1n) is 10.2. The average Bonchev–Trinajstić information content (AvgIpc) is 3.08. The van der Waals surface area contributed by atoms with E-state index >= 15 is 0 Å². The highest BCUT2D eigenvalue weighted by Crippen LogP contribution is 2.33. The molecule has 1 aliphatic rings. The van der Waals surface area contributed by atoms with Crippen LogP contribution < -0.4 is 10.9 Å². The van der Waals surface area contributed by atoms with Gasteiger partial charge in [-0.1, -0.05) is 60.4 Å². The van der Waals surface area contributed by atoms with Gasteiger partial charge in [0.05, 0.1) is 10.5 Å². The quantitative estimate of drug-likeness (QED) is 0.300. The highest BCUT2D eigenvalue weighted by atomic mass is 32.2. The summed E-state index contributed by atoms with van der Waals surface area (Å²) in [5.41, 5.74) is 1.63. The van der Waals surface area contributed by atoms with E-state index in [-0.39, 0.29) is 23.6 Å². The first kappa shape index (κ1) is 22.2. The van der Waals surface area contributed by atoms with Gasteiger partial charge in [0.1, 0.15) is 15.8 Å². The average molecular weight is 467 g/mol. The molecule has 164 valence electrons. The van der Waals surface area contributed by atoms with Gasteiger partial charge >= 0.3 is 0 Å². The van der Waals surface area contributed by atoms with Crippen LogP contribution in [0.5, 0.6) is 0 Å². The van der Waals surface area contributed by atoms with Crippen LogP contribution >= 0.6 is 24.0 Å². The topological polar surface area (TPSA) is 86.9 Å². The molecule has 7 nitrogen and oxygen atoms in total. The number of aliphatic hydroxyl groups excluding tert-OH is 1. The van der Waals surface area contributed by atoms with E-state index in [0.29, 0.717) is 46.6 Å². The Morgan fingerprint density at radius 3 is 2.69 bits per heavy atom. The number of nitrogens with one attached hydrogen (secondary N) is 1. The summed E-state index contributed by atoms with van der Waals surface area (Å²) in [6.45, 7) is 0.947. The number of nitrogens with zero attached hydrogens (tertiary/aromatic N) is 3. The molecule has 3 heterocycles. The molecule has 0 saturated carbocycles. The van der Waals surface area contributed by atoms with Gasteiger partial charge in [-0.25, -0.2) is 4.98 Å². The number of fused-ring (bicyclic) bond motifs is 1. The number of amides is 1. The summed E-state index contributed by atoms with van der Waals surface area (Å²) in [5.74, 6) is 0.166. The molecular weight excluding hydrogens is 444 g/mol. The number of anilines is 1. The number of benzene rings is 1. The Balaban J connectivity index is 1.64. The van der Waals surface area contributed by atoms with E-state index in [9.17, 15) is 9.59 Å². The van der Waals surface area contributed by atoms with E-state index in [4.69, 9.17) is 17.3 Å². The Hall–Kier alpha value is -3.01. The molecule has 1 fully saturated rings. The zero-order chi connectivity index (χ0) is 22.5. The first-order chi connectivity index (χ1) is 15.6. The molecule has 1 saturated heterocycles. The minimum Gasteiger partial charge on any atom is -0.396 e. The molecule has 0 bridgehead atoms. The van der Waals surface area contributed by atoms with Crippen molar-refractivity contribution in [3.8, 4) is 0 Å². The summed E-state index contributed by atoms with van der Waals surface area (Å²) < 4.78 is 1.92. The second kappa shape index (κ2) is 10.1. The molecule has 1 amide bonds. The smallest absolute Gasteiger partial charge is 0.267 e. The third kappa shape index (κ3) is 4.74. The standard InChI is InChI=1S/C23H22N4O3S2/c28-14-6-11-24-20-17(21(29)26-12-5-4-9-19(26)25-20)15-18-22(30)27(23(31)32-18)13-10-16-7-2-1-3-8-16/h1-5,7-9,12,15,24,28H,6,10-11,13-14H2. The normalized spacial score (nSPS) is 15.2. The molecule has 0 aliphatic carbocycles. The molecule has 4 rings (SSSR count). The van der Waals surface area contributed by atoms with E-state index in [0.717, 1.165) is 5.56 Å². The van der Waals surface area contributed by atoms with Crippen molar-refractivity contribution in [2.24, 2.45) is 0 Å². The van der Waals surface area contributed by atoms with Crippen molar-refractivity contribution in [3.05, 3.63) is 81.1 Å². The van der Waals surface area contributed by atoms with E-state index < -0.39 is 0 Å². The van der Waals surface area contributed by atoms with Gasteiger partial charge in [0.2, 0.25) is 0 Å². The summed E-state index contributed by atoms with van der Waals surface area (Å²) in [5, 5.41) is 12.2. The van der Waals surface area contributed by atoms with Gasteiger partial charge in [-0.05, 0) is 36.6 Å². The molecule has 1 aromatic carbocycles. The summed E-state index contributed by atoms with van der Waals surface area (Å²) in [6.07, 6.45) is 4.41. The summed E-state index contributed by atoms with van der Waals surface area (Å²) in [6, 6.07) is 15.2. The van der Waals surface area contributed by atoms with Crippen molar-refractivity contribution in [1.29, 1.82) is 0 Å². The number of carbonyl (C=O) groups excluding carboxylic acids is 1. The van der Waals surface area contributed by atoms with Crippen molar-refractivity contribution in [2.45, 2.75) is 12.8 Å². The van der Waals surface area contributed by atoms with Gasteiger partial charge in [0, 0.05) is 25.9 Å². The molecule has 3 aromatic rings. The van der Waals surface area contributed by atoms with Gasteiger partial charge in [-0.15, -0.1) is 0 Å². The fraction of sp³-hybridized carbons (Fsp3) is 0.217. The Kier molecular flexibility index (Phi) is 6.99. The van der Waals surface area contributed by atoms with Crippen LogP contribution in [0.4, 0.5) is 5.82 Å². The molecule has 2 N–H and O–H groups in total. The molecular formula is C23H22N4O3S2. The Labute approximate surface area is 194 Å². The predicted octanol–water partition coefficient (Wildman–Crippen LogP) is 2.93. The lowest BCUT2D eigenvalue weighted by Crippen LogP contribution is -2.30. The largest absolute Gasteiger partial charge is 0.396 e. The number of thiocarbonyl (C=S) groups is 1. The highest BCUT2D eigenvalue weighted by Gasteiger charge is 2.32. The number of hydrogen-bond acceptors (Lipinski definition) is 7. The van der Waals surface area contributed by atoms with E-state index in [1.807, 2.05) is 30.3 Å². The minimum atomic E-state index is -0.281. The first-order valence-corrected chi connectivity index (χ1v) is 11.5. The molecule has 9 heteroatoms. The van der Waals surface area contributed by atoms with E-state index in [1.165, 1.54) is 16.2 Å². The maximum Gasteiger partial charge on any atom is 0.267 e. The molecule has 2 aromatic heterocycles. The zero-order valence-electron chi connectivity index (χ0n) is 17.2. The second-order valence-electron chi connectivity index (χ2n) is 7.18. The SMILES string of the molecule is O=C1C(=Cc2c(NCCCO)nc3ccccn3c2=O)SC(=S)N1CCc1ccccc1. The third-order valence-electron chi connectivity index (χ3n) is 5.01. The van der Waals surface area contributed by atoms with Crippen LogP contribution in [-0.4, -0.2) is 49.3 Å². The van der Waals surface area contributed by atoms with Crippen LogP contribution in [0.1, 0.15) is 17.5 Å². The Bertz CT molecular complexity index is 1240. The van der Waals surface area contributed by atoms with Crippen molar-refractivity contribution in [2.75, 3.05) is 25.0 Å². The lowest BCUT2D eigenvalue weighted by atomic mass is 10.1. The lowest BCUT2D eigenvalue weighted by molar-refractivity contribution is -0.122. The second-order valence-corrected chi connectivity index (χ2v) is 8.86. The number of aromatic nitrogens is 2. The molecule has 0 atom stereocenters. The summed E-state index contributed by atoms with van der Waals surface area (Å²) >= 11 is 6.63. The number of thioether (sulfide) groups is 1. The van der Waals surface area contributed by atoms with Crippen LogP contribution in [0, 0.1) is 0 Å². The third-order valence-corrected chi connectivity index (χ3v) is 6.39. The number of carbonyl (C=O) groups is 1. The van der Waals surface area contributed by atoms with Crippen molar-refractivity contribution in [1.82, 2.24) is 14.3 Å². The van der Waals surface area contributed by atoms with Crippen LogP contribution in [-0.2, 0) is 11.2 Å². The van der Waals surface area contributed by atoms with Crippen molar-refractivity contribution in [3.63, 3.8) is 0 Å². The van der Waals surface area contributed by atoms with Gasteiger partial charge in [0.25, 0.3) is 11.5 Å². The van der Waals surface area contributed by atoms with E-state index in [2.05, 4.69) is 10.3 Å². The lowest BCUT2D eigenvalue weighted by Gasteiger charge is -2.14. The number of aliphatic hydroxyl groups is 1. The van der Waals surface area contributed by atoms with Gasteiger partial charge in [0.15, 0.2) is 0 Å². The highest BCUT2D eigenvalue weighted by molar-refractivity contribution is 8.26. The molecule has 1 aliphatic heterocycles. The maximum atomic E-state index is 13.2. The van der Waals surface area contributed by atoms with Crippen molar-refractivity contribution < 1.29 is 9.90 Å². The van der Waals surface area contributed by atoms with E-state index in [1.54, 1.807) is 35.4 Å². The number of pyridine rings is 1. The molecule has 0 spiro atoms. The Morgan fingerprint density at radius 1 is 1.12 bits per heavy atom. The summed E-state index contributed by atoms with van der Waals surface area (Å²) in [4.78, 5) is 32.7. The fourth-order valence-electron chi connectivity index (χ4n) is 3.36. The monoisotopic (exact) mass is 466 g/mol. The van der Waals surface area contributed by atoms with Crippen LogP contribution in [0.25, 0.3) is 11.7 Å². The van der Waals surface area contributed by atoms with Gasteiger partial charge in [-0.3, -0.25) is 18.9 Å². The Morgan fingerprint density at radius 2 is 1.91 bits per heavy atom. The molecule has 32 heavy (non-hydrogen) atoms. The number of rotatable bonds is 8. The predicted molar refractivity (Wildman–Crippen MR) is 132 cm³/mol. The minimum absolute atomic E-state index is 0.0228. The maximum absolute atomic E-state index is 13.2. The van der Waals surface area contributed by atoms with Gasteiger partial charge < -0.3 is 10.4 Å². The van der Waals surface area contributed by atoms with Crippen LogP contribution in [0.3, 0.4) is 0 Å². The zero-order valence-corrected chi connectivity index (χ0v) is 18.9.